The molecule has 2 atom stereocenters. The molecule has 0 unspecified atom stereocenters. The molecule has 0 aromatic heterocycles. The average Bonchev–Trinajstić information content (AvgIpc) is 3.07. The van der Waals surface area contributed by atoms with E-state index in [-0.39, 0.29) is 29.8 Å². The summed E-state index contributed by atoms with van der Waals surface area (Å²) in [5.41, 5.74) is 1.11. The first kappa shape index (κ1) is 20.7. The van der Waals surface area contributed by atoms with Crippen molar-refractivity contribution in [3.8, 4) is 0 Å². The van der Waals surface area contributed by atoms with Crippen molar-refractivity contribution in [1.29, 1.82) is 0 Å². The van der Waals surface area contributed by atoms with Crippen LogP contribution in [0.5, 0.6) is 0 Å². The quantitative estimate of drug-likeness (QED) is 0.694. The van der Waals surface area contributed by atoms with Gasteiger partial charge >= 0.3 is 0 Å². The smallest absolute Gasteiger partial charge is 0.250 e. The number of carbonyl (C=O) groups is 3. The maximum absolute atomic E-state index is 12.9. The summed E-state index contributed by atoms with van der Waals surface area (Å²) in [5, 5.41) is 9.33. The lowest BCUT2D eigenvalue weighted by molar-refractivity contribution is -0.135. The Hall–Kier alpha value is -2.61. The molecule has 1 aromatic rings. The van der Waals surface area contributed by atoms with E-state index in [0.717, 1.165) is 24.2 Å². The minimum atomic E-state index is -0.640. The third-order valence-electron chi connectivity index (χ3n) is 6.94. The van der Waals surface area contributed by atoms with E-state index in [0.29, 0.717) is 38.9 Å². The van der Waals surface area contributed by atoms with E-state index in [1.54, 1.807) is 0 Å². The van der Waals surface area contributed by atoms with E-state index in [2.05, 4.69) is 20.9 Å². The minimum Gasteiger partial charge on any atom is -0.369 e. The number of hydrogen-bond donors (Lipinski definition) is 3. The number of piperidine rings is 1. The van der Waals surface area contributed by atoms with E-state index in [1.165, 1.54) is 6.92 Å². The highest BCUT2D eigenvalue weighted by Gasteiger charge is 2.45. The second-order valence-corrected chi connectivity index (χ2v) is 8.78. The van der Waals surface area contributed by atoms with Crippen molar-refractivity contribution in [2.24, 2.45) is 0 Å². The molecule has 30 heavy (non-hydrogen) atoms. The van der Waals surface area contributed by atoms with E-state index in [1.807, 2.05) is 36.2 Å². The van der Waals surface area contributed by atoms with Crippen LogP contribution in [0.2, 0.25) is 0 Å². The number of rotatable bonds is 4. The number of amides is 3. The molecule has 3 aliphatic heterocycles. The fourth-order valence-electron chi connectivity index (χ4n) is 4.92. The summed E-state index contributed by atoms with van der Waals surface area (Å²) in [4.78, 5) is 41.0. The Morgan fingerprint density at radius 1 is 1.13 bits per heavy atom. The summed E-state index contributed by atoms with van der Waals surface area (Å²) in [6, 6.07) is 8.21. The minimum absolute atomic E-state index is 0.00959. The number of hydrogen-bond acceptors (Lipinski definition) is 5. The first-order chi connectivity index (χ1) is 14.4. The lowest BCUT2D eigenvalue weighted by atomic mass is 9.84. The zero-order chi connectivity index (χ0) is 21.3. The molecule has 0 radical (unpaired) electrons. The highest BCUT2D eigenvalue weighted by Crippen LogP contribution is 2.36. The number of nitrogens with zero attached hydrogens (tertiary/aromatic N) is 2. The van der Waals surface area contributed by atoms with Crippen molar-refractivity contribution in [3.05, 3.63) is 24.3 Å². The molecule has 0 aliphatic carbocycles. The van der Waals surface area contributed by atoms with Gasteiger partial charge in [0.05, 0.1) is 11.4 Å². The number of likely N-dealkylation sites (N-methyl/N-ethyl adjacent to an activating group) is 1. The lowest BCUT2D eigenvalue weighted by Crippen LogP contribution is -2.59. The Morgan fingerprint density at radius 3 is 2.50 bits per heavy atom. The third kappa shape index (κ3) is 4.01. The molecule has 8 heteroatoms. The maximum Gasteiger partial charge on any atom is 0.250 e. The average molecular weight is 414 g/mol. The second kappa shape index (κ2) is 8.26. The van der Waals surface area contributed by atoms with Crippen LogP contribution in [0.4, 0.5) is 11.4 Å². The third-order valence-corrected chi connectivity index (χ3v) is 6.94. The van der Waals surface area contributed by atoms with Crippen LogP contribution < -0.4 is 16.0 Å². The van der Waals surface area contributed by atoms with Crippen molar-refractivity contribution in [1.82, 2.24) is 15.1 Å². The van der Waals surface area contributed by atoms with Gasteiger partial charge in [-0.25, -0.2) is 0 Å². The van der Waals surface area contributed by atoms with Gasteiger partial charge in [-0.3, -0.25) is 19.3 Å². The fraction of sp³-hybridized carbons (Fsp3) is 0.591. The summed E-state index contributed by atoms with van der Waals surface area (Å²) in [5.74, 6) is 0.122. The second-order valence-electron chi connectivity index (χ2n) is 8.78. The molecule has 0 bridgehead atoms. The SMILES string of the molecule is CC(=O)NC[C@@H]1CC[C@H](CC(=O)N2CCC3(CC2)Nc2ccccc2NC3=O)N1C. The highest BCUT2D eigenvalue weighted by molar-refractivity contribution is 6.06. The van der Waals surface area contributed by atoms with Crippen LogP contribution in [0.3, 0.4) is 0 Å². The van der Waals surface area contributed by atoms with Gasteiger partial charge in [-0.1, -0.05) is 12.1 Å². The van der Waals surface area contributed by atoms with Crippen LogP contribution in [-0.4, -0.2) is 71.8 Å². The number of para-hydroxylation sites is 2. The molecule has 8 nitrogen and oxygen atoms in total. The summed E-state index contributed by atoms with van der Waals surface area (Å²) >= 11 is 0. The topological polar surface area (TPSA) is 93.8 Å². The van der Waals surface area contributed by atoms with Crippen LogP contribution >= 0.6 is 0 Å². The number of likely N-dealkylation sites (tertiary alicyclic amines) is 2. The van der Waals surface area contributed by atoms with Gasteiger partial charge in [0.25, 0.3) is 0 Å². The van der Waals surface area contributed by atoms with Crippen LogP contribution in [0.15, 0.2) is 24.3 Å². The van der Waals surface area contributed by atoms with Gasteiger partial charge in [0.1, 0.15) is 5.54 Å². The predicted molar refractivity (Wildman–Crippen MR) is 115 cm³/mol. The number of anilines is 2. The number of carbonyl (C=O) groups excluding carboxylic acids is 3. The first-order valence-electron chi connectivity index (χ1n) is 10.8. The zero-order valence-corrected chi connectivity index (χ0v) is 17.7. The summed E-state index contributed by atoms with van der Waals surface area (Å²) in [7, 11) is 2.04. The van der Waals surface area contributed by atoms with Gasteiger partial charge in [-0.15, -0.1) is 0 Å². The fourth-order valence-corrected chi connectivity index (χ4v) is 4.92. The monoisotopic (exact) mass is 413 g/mol. The molecule has 3 amide bonds. The van der Waals surface area contributed by atoms with Crippen LogP contribution in [-0.2, 0) is 14.4 Å². The van der Waals surface area contributed by atoms with E-state index >= 15 is 0 Å². The molecule has 4 rings (SSSR count). The van der Waals surface area contributed by atoms with E-state index in [9.17, 15) is 14.4 Å². The van der Waals surface area contributed by atoms with Gasteiger partial charge in [-0.05, 0) is 44.9 Å². The molecular formula is C22H31N5O3. The van der Waals surface area contributed by atoms with E-state index < -0.39 is 5.54 Å². The first-order valence-corrected chi connectivity index (χ1v) is 10.8. The summed E-state index contributed by atoms with van der Waals surface area (Å²) in [6.07, 6.45) is 3.64. The number of fused-ring (bicyclic) bond motifs is 1. The molecule has 2 fully saturated rings. The number of benzene rings is 1. The predicted octanol–water partition coefficient (Wildman–Crippen LogP) is 1.40. The highest BCUT2D eigenvalue weighted by atomic mass is 16.2. The molecule has 162 valence electrons. The number of nitrogens with one attached hydrogen (secondary N) is 3. The van der Waals surface area contributed by atoms with Crippen molar-refractivity contribution < 1.29 is 14.4 Å². The van der Waals surface area contributed by atoms with Crippen LogP contribution in [0.25, 0.3) is 0 Å². The van der Waals surface area contributed by atoms with Gasteiger partial charge in [0.15, 0.2) is 0 Å². The molecule has 3 N–H and O–H groups in total. The standard InChI is InChI=1S/C22H31N5O3/c1-15(28)23-14-17-8-7-16(26(17)2)13-20(29)27-11-9-22(10-12-27)21(30)24-18-5-3-4-6-19(18)25-22/h3-6,16-17,25H,7-14H2,1-2H3,(H,23,28)(H,24,30)/t16-,17+/m1/s1. The Bertz CT molecular complexity index is 834. The Balaban J connectivity index is 1.31. The van der Waals surface area contributed by atoms with E-state index in [4.69, 9.17) is 0 Å². The van der Waals surface area contributed by atoms with Crippen molar-refractivity contribution in [2.75, 3.05) is 37.3 Å². The molecular weight excluding hydrogens is 382 g/mol. The normalized spacial score (nSPS) is 25.4. The Morgan fingerprint density at radius 2 is 1.80 bits per heavy atom. The molecule has 0 saturated carbocycles. The molecule has 1 aromatic carbocycles. The van der Waals surface area contributed by atoms with Gasteiger partial charge in [-0.2, -0.15) is 0 Å². The van der Waals surface area contributed by atoms with Gasteiger partial charge in [0, 0.05) is 45.1 Å². The van der Waals surface area contributed by atoms with Gasteiger partial charge < -0.3 is 20.9 Å². The zero-order valence-electron chi connectivity index (χ0n) is 17.7. The summed E-state index contributed by atoms with van der Waals surface area (Å²) < 4.78 is 0. The van der Waals surface area contributed by atoms with Crippen LogP contribution in [0.1, 0.15) is 39.0 Å². The van der Waals surface area contributed by atoms with Crippen LogP contribution in [0, 0.1) is 0 Å². The maximum atomic E-state index is 12.9. The molecule has 3 aliphatic rings. The largest absolute Gasteiger partial charge is 0.369 e. The molecule has 1 spiro atoms. The Kier molecular flexibility index (Phi) is 5.69. The molecule has 2 saturated heterocycles. The molecule has 3 heterocycles. The lowest BCUT2D eigenvalue weighted by Gasteiger charge is -2.44. The van der Waals surface area contributed by atoms with Crippen molar-refractivity contribution >= 4 is 29.1 Å². The summed E-state index contributed by atoms with van der Waals surface area (Å²) in [6.45, 7) is 3.31. The Labute approximate surface area is 177 Å². The van der Waals surface area contributed by atoms with Gasteiger partial charge in [0.2, 0.25) is 17.7 Å². The van der Waals surface area contributed by atoms with Crippen molar-refractivity contribution in [2.45, 2.75) is 56.7 Å². The van der Waals surface area contributed by atoms with Crippen molar-refractivity contribution in [3.63, 3.8) is 0 Å².